The number of fused-ring (bicyclic) bond motifs is 2. The summed E-state index contributed by atoms with van der Waals surface area (Å²) in [4.78, 5) is 20.7. The van der Waals surface area contributed by atoms with Crippen LogP contribution < -0.4 is 4.90 Å². The van der Waals surface area contributed by atoms with E-state index in [-0.39, 0.29) is 5.91 Å². The van der Waals surface area contributed by atoms with E-state index in [9.17, 15) is 4.79 Å². The normalized spacial score (nSPS) is 25.6. The van der Waals surface area contributed by atoms with Gasteiger partial charge in [-0.05, 0) is 37.3 Å². The average molecular weight is 245 g/mol. The molecule has 2 bridgehead atoms. The zero-order valence-electron chi connectivity index (χ0n) is 11.0. The van der Waals surface area contributed by atoms with Crippen molar-refractivity contribution in [3.05, 3.63) is 23.9 Å². The molecule has 4 nitrogen and oxygen atoms in total. The van der Waals surface area contributed by atoms with Crippen LogP contribution >= 0.6 is 0 Å². The zero-order valence-corrected chi connectivity index (χ0v) is 11.0. The lowest BCUT2D eigenvalue weighted by molar-refractivity contribution is 0.0703. The molecule has 18 heavy (non-hydrogen) atoms. The summed E-state index contributed by atoms with van der Waals surface area (Å²) >= 11 is 0. The molecule has 2 fully saturated rings. The minimum Gasteiger partial charge on any atom is -0.363 e. The third-order valence-corrected chi connectivity index (χ3v) is 4.12. The standard InChI is InChI=1S/C14H19N3O/c1-16(2)13-6-4-11(8-15-13)14(18)17-9-10-3-5-12(17)7-10/h4,6,8,10,12H,3,5,7,9H2,1-2H3. The van der Waals surface area contributed by atoms with E-state index in [2.05, 4.69) is 4.98 Å². The summed E-state index contributed by atoms with van der Waals surface area (Å²) < 4.78 is 0. The lowest BCUT2D eigenvalue weighted by atomic mass is 10.1. The van der Waals surface area contributed by atoms with Gasteiger partial charge in [0.25, 0.3) is 5.91 Å². The van der Waals surface area contributed by atoms with E-state index < -0.39 is 0 Å². The highest BCUT2D eigenvalue weighted by molar-refractivity contribution is 5.94. The molecule has 2 aliphatic rings. The molecule has 0 N–H and O–H groups in total. The molecule has 0 spiro atoms. The lowest BCUT2D eigenvalue weighted by Crippen LogP contribution is -2.37. The molecule has 0 radical (unpaired) electrons. The molecule has 1 amide bonds. The monoisotopic (exact) mass is 245 g/mol. The summed E-state index contributed by atoms with van der Waals surface area (Å²) in [7, 11) is 3.90. The quantitative estimate of drug-likeness (QED) is 0.796. The summed E-state index contributed by atoms with van der Waals surface area (Å²) in [5, 5.41) is 0. The van der Waals surface area contributed by atoms with Gasteiger partial charge in [0.15, 0.2) is 0 Å². The van der Waals surface area contributed by atoms with Gasteiger partial charge in [-0.3, -0.25) is 4.79 Å². The van der Waals surface area contributed by atoms with Crippen LogP contribution in [-0.4, -0.2) is 42.5 Å². The zero-order chi connectivity index (χ0) is 12.7. The molecule has 1 aliphatic carbocycles. The molecule has 2 heterocycles. The fourth-order valence-electron chi connectivity index (χ4n) is 3.12. The third kappa shape index (κ3) is 1.85. The van der Waals surface area contributed by atoms with Crippen LogP contribution in [0.3, 0.4) is 0 Å². The Morgan fingerprint density at radius 3 is 2.72 bits per heavy atom. The second-order valence-electron chi connectivity index (χ2n) is 5.59. The largest absolute Gasteiger partial charge is 0.363 e. The van der Waals surface area contributed by atoms with Crippen LogP contribution in [0.15, 0.2) is 18.3 Å². The number of nitrogens with zero attached hydrogens (tertiary/aromatic N) is 3. The first-order chi connectivity index (χ1) is 8.65. The van der Waals surface area contributed by atoms with Crippen molar-refractivity contribution in [3.8, 4) is 0 Å². The lowest BCUT2D eigenvalue weighted by Gasteiger charge is -2.27. The second-order valence-corrected chi connectivity index (χ2v) is 5.59. The van der Waals surface area contributed by atoms with E-state index in [1.54, 1.807) is 6.20 Å². The molecule has 1 aromatic heterocycles. The molecule has 1 aromatic rings. The Morgan fingerprint density at radius 1 is 1.39 bits per heavy atom. The minimum absolute atomic E-state index is 0.153. The molecular weight excluding hydrogens is 226 g/mol. The summed E-state index contributed by atoms with van der Waals surface area (Å²) in [5.74, 6) is 1.78. The van der Waals surface area contributed by atoms with E-state index in [1.807, 2.05) is 36.0 Å². The number of aromatic nitrogens is 1. The molecule has 3 rings (SSSR count). The molecule has 1 aliphatic heterocycles. The molecule has 0 aromatic carbocycles. The van der Waals surface area contributed by atoms with Gasteiger partial charge in [-0.2, -0.15) is 0 Å². The molecule has 96 valence electrons. The van der Waals surface area contributed by atoms with Crippen molar-refractivity contribution >= 4 is 11.7 Å². The predicted molar refractivity (Wildman–Crippen MR) is 70.7 cm³/mol. The topological polar surface area (TPSA) is 36.4 Å². The Balaban J connectivity index is 1.76. The van der Waals surface area contributed by atoms with Gasteiger partial charge in [-0.1, -0.05) is 0 Å². The highest BCUT2D eigenvalue weighted by atomic mass is 16.2. The number of piperidine rings is 1. The van der Waals surface area contributed by atoms with Gasteiger partial charge in [0.05, 0.1) is 5.56 Å². The van der Waals surface area contributed by atoms with Crippen LogP contribution in [0.4, 0.5) is 5.82 Å². The van der Waals surface area contributed by atoms with Crippen molar-refractivity contribution in [3.63, 3.8) is 0 Å². The van der Waals surface area contributed by atoms with Gasteiger partial charge in [-0.15, -0.1) is 0 Å². The maximum absolute atomic E-state index is 12.4. The van der Waals surface area contributed by atoms with Crippen LogP contribution in [-0.2, 0) is 0 Å². The molecular formula is C14H19N3O. The second kappa shape index (κ2) is 4.26. The first-order valence-electron chi connectivity index (χ1n) is 6.59. The van der Waals surface area contributed by atoms with Crippen molar-refractivity contribution in [2.45, 2.75) is 25.3 Å². The number of hydrogen-bond donors (Lipinski definition) is 0. The Bertz CT molecular complexity index is 455. The number of likely N-dealkylation sites (tertiary alicyclic amines) is 1. The molecule has 2 atom stereocenters. The van der Waals surface area contributed by atoms with Crippen LogP contribution in [0, 0.1) is 5.92 Å². The van der Waals surface area contributed by atoms with Crippen molar-refractivity contribution in [2.24, 2.45) is 5.92 Å². The van der Waals surface area contributed by atoms with Crippen LogP contribution in [0.25, 0.3) is 0 Å². The number of carbonyl (C=O) groups excluding carboxylic acids is 1. The van der Waals surface area contributed by atoms with Crippen LogP contribution in [0.1, 0.15) is 29.6 Å². The van der Waals surface area contributed by atoms with Gasteiger partial charge < -0.3 is 9.80 Å². The SMILES string of the molecule is CN(C)c1ccc(C(=O)N2CC3CCC2C3)cn1. The van der Waals surface area contributed by atoms with Crippen LogP contribution in [0.5, 0.6) is 0 Å². The smallest absolute Gasteiger partial charge is 0.255 e. The number of carbonyl (C=O) groups is 1. The van der Waals surface area contributed by atoms with Crippen molar-refractivity contribution in [1.29, 1.82) is 0 Å². The maximum atomic E-state index is 12.4. The number of anilines is 1. The summed E-state index contributed by atoms with van der Waals surface area (Å²) in [5.41, 5.74) is 0.716. The predicted octanol–water partition coefficient (Wildman–Crippen LogP) is 1.77. The summed E-state index contributed by atoms with van der Waals surface area (Å²) in [6, 6.07) is 4.27. The van der Waals surface area contributed by atoms with Gasteiger partial charge in [0, 0.05) is 32.9 Å². The Labute approximate surface area is 108 Å². The van der Waals surface area contributed by atoms with E-state index in [1.165, 1.54) is 19.3 Å². The number of rotatable bonds is 2. The first-order valence-corrected chi connectivity index (χ1v) is 6.59. The Kier molecular flexibility index (Phi) is 2.73. The summed E-state index contributed by atoms with van der Waals surface area (Å²) in [6.07, 6.45) is 5.38. The minimum atomic E-state index is 0.153. The number of hydrogen-bond acceptors (Lipinski definition) is 3. The Hall–Kier alpha value is -1.58. The Morgan fingerprint density at radius 2 is 2.22 bits per heavy atom. The maximum Gasteiger partial charge on any atom is 0.255 e. The number of amides is 1. The van der Waals surface area contributed by atoms with Gasteiger partial charge in [0.2, 0.25) is 0 Å². The van der Waals surface area contributed by atoms with Crippen molar-refractivity contribution < 1.29 is 4.79 Å². The van der Waals surface area contributed by atoms with Crippen LogP contribution in [0.2, 0.25) is 0 Å². The fraction of sp³-hybridized carbons (Fsp3) is 0.571. The van der Waals surface area contributed by atoms with Gasteiger partial charge >= 0.3 is 0 Å². The van der Waals surface area contributed by atoms with Gasteiger partial charge in [0.1, 0.15) is 5.82 Å². The highest BCUT2D eigenvalue weighted by Gasteiger charge is 2.40. The molecule has 1 saturated heterocycles. The summed E-state index contributed by atoms with van der Waals surface area (Å²) in [6.45, 7) is 0.943. The van der Waals surface area contributed by atoms with Crippen molar-refractivity contribution in [1.82, 2.24) is 9.88 Å². The third-order valence-electron chi connectivity index (χ3n) is 4.12. The van der Waals surface area contributed by atoms with E-state index in [4.69, 9.17) is 0 Å². The molecule has 4 heteroatoms. The van der Waals surface area contributed by atoms with E-state index >= 15 is 0 Å². The van der Waals surface area contributed by atoms with E-state index in [0.717, 1.165) is 18.3 Å². The molecule has 1 saturated carbocycles. The van der Waals surface area contributed by atoms with Gasteiger partial charge in [-0.25, -0.2) is 4.98 Å². The fourth-order valence-corrected chi connectivity index (χ4v) is 3.12. The average Bonchev–Trinajstić information content (AvgIpc) is 3.00. The van der Waals surface area contributed by atoms with Crippen molar-refractivity contribution in [2.75, 3.05) is 25.5 Å². The number of pyridine rings is 1. The highest BCUT2D eigenvalue weighted by Crippen LogP contribution is 2.38. The first kappa shape index (κ1) is 11.5. The van der Waals surface area contributed by atoms with E-state index in [0.29, 0.717) is 11.6 Å². The molecule has 2 unspecified atom stereocenters.